The van der Waals surface area contributed by atoms with Gasteiger partial charge in [0.2, 0.25) is 0 Å². The maximum Gasteiger partial charge on any atom is 0.0541 e. The van der Waals surface area contributed by atoms with Gasteiger partial charge in [-0.1, -0.05) is 159 Å². The predicted octanol–water partition coefficient (Wildman–Crippen LogP) is 17.4. The normalized spacial score (nSPS) is 12.0. The van der Waals surface area contributed by atoms with Gasteiger partial charge in [0.05, 0.1) is 22.1 Å². The lowest BCUT2D eigenvalue weighted by molar-refractivity contribution is 1.17. The van der Waals surface area contributed by atoms with Gasteiger partial charge in [-0.15, -0.1) is 13.2 Å². The highest BCUT2D eigenvalue weighted by atomic mass is 15.0. The number of benzene rings is 8. The molecule has 0 spiro atoms. The van der Waals surface area contributed by atoms with Crippen LogP contribution in [0.5, 0.6) is 0 Å². The zero-order chi connectivity index (χ0) is 44.2. The highest BCUT2D eigenvalue weighted by Crippen LogP contribution is 2.40. The molecule has 0 N–H and O–H groups in total. The third-order valence-corrected chi connectivity index (χ3v) is 12.1. The molecule has 10 rings (SSSR count). The first-order chi connectivity index (χ1) is 31.6. The van der Waals surface area contributed by atoms with Crippen LogP contribution in [0.4, 0.5) is 0 Å². The molecular weight excluding hydrogens is 773 g/mol. The number of allylic oxidation sites excluding steroid dienone is 8. The fraction of sp³-hybridized carbons (Fsp3) is 0.0323. The Morgan fingerprint density at radius 1 is 0.391 bits per heavy atom. The Morgan fingerprint density at radius 3 is 1.30 bits per heavy atom. The molecule has 0 unspecified atom stereocenters. The van der Waals surface area contributed by atoms with Gasteiger partial charge in [0.1, 0.15) is 0 Å². The van der Waals surface area contributed by atoms with Crippen LogP contribution in [0.15, 0.2) is 245 Å². The maximum absolute atomic E-state index is 4.17. The summed E-state index contributed by atoms with van der Waals surface area (Å²) in [5.41, 5.74) is 18.4. The number of rotatable bonds is 10. The molecule has 0 aliphatic heterocycles. The molecular formula is C62H50N2. The number of fused-ring (bicyclic) bond motifs is 6. The Bertz CT molecular complexity index is 3400. The molecule has 8 aromatic carbocycles. The number of hydrogen-bond acceptors (Lipinski definition) is 0. The van der Waals surface area contributed by atoms with Crippen LogP contribution in [0.3, 0.4) is 0 Å². The third kappa shape index (κ3) is 7.46. The molecule has 0 aliphatic carbocycles. The molecule has 2 heterocycles. The van der Waals surface area contributed by atoms with E-state index in [-0.39, 0.29) is 0 Å². The summed E-state index contributed by atoms with van der Waals surface area (Å²) >= 11 is 0. The van der Waals surface area contributed by atoms with Crippen LogP contribution in [-0.4, -0.2) is 9.13 Å². The van der Waals surface area contributed by atoms with Crippen LogP contribution in [0.2, 0.25) is 0 Å². The summed E-state index contributed by atoms with van der Waals surface area (Å²) in [4.78, 5) is 0. The minimum absolute atomic E-state index is 1.06. The molecule has 2 nitrogen and oxygen atoms in total. The van der Waals surface area contributed by atoms with E-state index in [4.69, 9.17) is 0 Å². The van der Waals surface area contributed by atoms with Gasteiger partial charge < -0.3 is 9.13 Å². The Labute approximate surface area is 376 Å². The number of aromatic nitrogens is 2. The standard InChI is InChI=1S/C60H46N2.C2H4/c1-5-9-20-42(8-4)48-33-47(41(6-2)7-3)35-51(36-48)61-57-27-18-16-25-53(57)55-39-45(29-31-59(55)61)46-30-32-60-56(40-46)54-26-17-19-28-58(54)62(60)52-37-49(43-21-12-10-13-22-43)34-50(38-52)44-23-14-11-15-24-44;1-2/h5-40H,2,4H2,1,3H3;1-2H2/b9-5-,41-7+,42-20+;. The van der Waals surface area contributed by atoms with E-state index in [0.29, 0.717) is 0 Å². The van der Waals surface area contributed by atoms with Gasteiger partial charge in [0.25, 0.3) is 0 Å². The SMILES string of the molecule is C=C.C=C/C(=C\C)c1cc(/C(C=C)=C/C=C\C)cc(-n2c3ccccc3c3cc(-c4ccc5c(c4)c4ccccc4n5-c4cc(-c5ccccc5)cc(-c5ccccc5)c4)ccc32)c1. The first-order valence-corrected chi connectivity index (χ1v) is 21.8. The van der Waals surface area contributed by atoms with E-state index in [2.05, 4.69) is 243 Å². The average Bonchev–Trinajstić information content (AvgIpc) is 3.88. The summed E-state index contributed by atoms with van der Waals surface area (Å²) in [5, 5.41) is 4.88. The first kappa shape index (κ1) is 41.2. The van der Waals surface area contributed by atoms with Crippen molar-refractivity contribution in [1.82, 2.24) is 9.13 Å². The van der Waals surface area contributed by atoms with E-state index in [1.54, 1.807) is 0 Å². The second kappa shape index (κ2) is 18.0. The summed E-state index contributed by atoms with van der Waals surface area (Å²) in [6, 6.07) is 66.6. The third-order valence-electron chi connectivity index (χ3n) is 12.1. The minimum atomic E-state index is 1.06. The largest absolute Gasteiger partial charge is 0.309 e. The van der Waals surface area contributed by atoms with E-state index in [9.17, 15) is 0 Å². The topological polar surface area (TPSA) is 9.86 Å². The molecule has 0 saturated carbocycles. The van der Waals surface area contributed by atoms with Crippen LogP contribution < -0.4 is 0 Å². The Balaban J connectivity index is 0.00000256. The fourth-order valence-electron chi connectivity index (χ4n) is 9.15. The van der Waals surface area contributed by atoms with E-state index >= 15 is 0 Å². The quantitative estimate of drug-likeness (QED) is 0.0961. The van der Waals surface area contributed by atoms with Crippen LogP contribution >= 0.6 is 0 Å². The minimum Gasteiger partial charge on any atom is -0.309 e. The van der Waals surface area contributed by atoms with Crippen molar-refractivity contribution >= 4 is 54.8 Å². The summed E-state index contributed by atoms with van der Waals surface area (Å²) in [6.07, 6.45) is 12.2. The molecule has 0 saturated heterocycles. The molecule has 0 amide bonds. The molecule has 2 aromatic heterocycles. The fourth-order valence-corrected chi connectivity index (χ4v) is 9.15. The zero-order valence-electron chi connectivity index (χ0n) is 36.5. The molecule has 0 aliphatic rings. The van der Waals surface area contributed by atoms with E-state index in [1.165, 1.54) is 66.0 Å². The van der Waals surface area contributed by atoms with E-state index < -0.39 is 0 Å². The monoisotopic (exact) mass is 822 g/mol. The van der Waals surface area contributed by atoms with Crippen molar-refractivity contribution in [3.05, 3.63) is 256 Å². The number of hydrogen-bond donors (Lipinski definition) is 0. The highest BCUT2D eigenvalue weighted by molar-refractivity contribution is 6.13. The second-order valence-corrected chi connectivity index (χ2v) is 15.7. The lowest BCUT2D eigenvalue weighted by Crippen LogP contribution is -1.98. The van der Waals surface area contributed by atoms with Crippen LogP contribution in [0.25, 0.3) is 99.5 Å². The summed E-state index contributed by atoms with van der Waals surface area (Å²) in [7, 11) is 0. The molecule has 308 valence electrons. The number of para-hydroxylation sites is 2. The Kier molecular flexibility index (Phi) is 11.6. The van der Waals surface area contributed by atoms with Crippen LogP contribution in [0.1, 0.15) is 25.0 Å². The van der Waals surface area contributed by atoms with Crippen molar-refractivity contribution < 1.29 is 0 Å². The van der Waals surface area contributed by atoms with Gasteiger partial charge in [0, 0.05) is 32.9 Å². The van der Waals surface area contributed by atoms with Crippen molar-refractivity contribution in [1.29, 1.82) is 0 Å². The molecule has 0 atom stereocenters. The van der Waals surface area contributed by atoms with Gasteiger partial charge in [0.15, 0.2) is 0 Å². The van der Waals surface area contributed by atoms with Gasteiger partial charge >= 0.3 is 0 Å². The lowest BCUT2D eigenvalue weighted by Gasteiger charge is -2.15. The van der Waals surface area contributed by atoms with Crippen molar-refractivity contribution in [3.8, 4) is 44.8 Å². The first-order valence-electron chi connectivity index (χ1n) is 21.8. The van der Waals surface area contributed by atoms with Crippen molar-refractivity contribution in [2.45, 2.75) is 13.8 Å². The van der Waals surface area contributed by atoms with Crippen molar-refractivity contribution in [3.63, 3.8) is 0 Å². The maximum atomic E-state index is 4.17. The van der Waals surface area contributed by atoms with E-state index in [1.807, 2.05) is 25.2 Å². The lowest BCUT2D eigenvalue weighted by atomic mass is 9.97. The highest BCUT2D eigenvalue weighted by Gasteiger charge is 2.18. The van der Waals surface area contributed by atoms with Gasteiger partial charge in [-0.25, -0.2) is 0 Å². The summed E-state index contributed by atoms with van der Waals surface area (Å²) < 4.78 is 4.84. The van der Waals surface area contributed by atoms with Crippen LogP contribution in [0, 0.1) is 0 Å². The van der Waals surface area contributed by atoms with Gasteiger partial charge in [-0.2, -0.15) is 0 Å². The molecule has 0 radical (unpaired) electrons. The molecule has 0 fully saturated rings. The zero-order valence-corrected chi connectivity index (χ0v) is 36.5. The molecule has 10 aromatic rings. The smallest absolute Gasteiger partial charge is 0.0541 e. The molecule has 0 bridgehead atoms. The van der Waals surface area contributed by atoms with Gasteiger partial charge in [-0.3, -0.25) is 0 Å². The average molecular weight is 823 g/mol. The second-order valence-electron chi connectivity index (χ2n) is 15.7. The van der Waals surface area contributed by atoms with Crippen molar-refractivity contribution in [2.24, 2.45) is 0 Å². The Morgan fingerprint density at radius 2 is 0.828 bits per heavy atom. The van der Waals surface area contributed by atoms with E-state index in [0.717, 1.165) is 44.7 Å². The molecule has 64 heavy (non-hydrogen) atoms. The predicted molar refractivity (Wildman–Crippen MR) is 280 cm³/mol. The molecule has 2 heteroatoms. The van der Waals surface area contributed by atoms with Crippen LogP contribution in [-0.2, 0) is 0 Å². The summed E-state index contributed by atoms with van der Waals surface area (Å²) in [5.74, 6) is 0. The van der Waals surface area contributed by atoms with Crippen molar-refractivity contribution in [2.75, 3.05) is 0 Å². The van der Waals surface area contributed by atoms with Gasteiger partial charge in [-0.05, 0) is 142 Å². The number of nitrogens with zero attached hydrogens (tertiary/aromatic N) is 2. The Hall–Kier alpha value is -8.20. The summed E-state index contributed by atoms with van der Waals surface area (Å²) in [6.45, 7) is 18.4.